The molecule has 0 fully saturated rings. The van der Waals surface area contributed by atoms with Crippen LogP contribution in [0.2, 0.25) is 0 Å². The van der Waals surface area contributed by atoms with E-state index < -0.39 is 0 Å². The van der Waals surface area contributed by atoms with E-state index >= 15 is 0 Å². The fraction of sp³-hybridized carbons (Fsp3) is 0.308. The molecule has 0 saturated carbocycles. The first-order valence-electron chi connectivity index (χ1n) is 6.12. The van der Waals surface area contributed by atoms with Gasteiger partial charge in [0.1, 0.15) is 5.82 Å². The van der Waals surface area contributed by atoms with Gasteiger partial charge in [0.15, 0.2) is 0 Å². The van der Waals surface area contributed by atoms with Crippen LogP contribution in [0.25, 0.3) is 0 Å². The summed E-state index contributed by atoms with van der Waals surface area (Å²) in [5, 5.41) is 6.92. The first kappa shape index (κ1) is 14.5. The molecule has 0 atom stereocenters. The molecule has 0 bridgehead atoms. The van der Waals surface area contributed by atoms with Gasteiger partial charge in [0.25, 0.3) is 5.56 Å². The summed E-state index contributed by atoms with van der Waals surface area (Å²) in [6, 6.07) is 4.94. The lowest BCUT2D eigenvalue weighted by atomic mass is 10.3. The molecular formula is C13H15BrN4O2. The van der Waals surface area contributed by atoms with Gasteiger partial charge in [-0.05, 0) is 28.9 Å². The largest absolute Gasteiger partial charge is 0.314 e. The summed E-state index contributed by atoms with van der Waals surface area (Å²) in [5.41, 5.74) is 0.711. The first-order chi connectivity index (χ1) is 9.45. The van der Waals surface area contributed by atoms with Gasteiger partial charge in [0, 0.05) is 42.8 Å². The lowest BCUT2D eigenvalue weighted by molar-refractivity contribution is -0.116. The highest BCUT2D eigenvalue weighted by molar-refractivity contribution is 9.10. The Kier molecular flexibility index (Phi) is 4.39. The van der Waals surface area contributed by atoms with E-state index in [9.17, 15) is 9.59 Å². The number of nitrogens with one attached hydrogen (secondary N) is 1. The molecule has 1 amide bonds. The van der Waals surface area contributed by atoms with Crippen LogP contribution in [0.15, 0.2) is 33.7 Å². The number of hydrogen-bond acceptors (Lipinski definition) is 3. The normalized spacial score (nSPS) is 10.6. The summed E-state index contributed by atoms with van der Waals surface area (Å²) in [6.45, 7) is 2.19. The second kappa shape index (κ2) is 6.04. The van der Waals surface area contributed by atoms with Crippen molar-refractivity contribution in [3.63, 3.8) is 0 Å². The number of pyridine rings is 1. The van der Waals surface area contributed by atoms with Gasteiger partial charge >= 0.3 is 0 Å². The van der Waals surface area contributed by atoms with Crippen molar-refractivity contribution in [2.45, 2.75) is 19.9 Å². The quantitative estimate of drug-likeness (QED) is 0.922. The molecule has 6 nitrogen and oxygen atoms in total. The zero-order chi connectivity index (χ0) is 14.7. The van der Waals surface area contributed by atoms with Crippen LogP contribution in [-0.2, 0) is 18.4 Å². The summed E-state index contributed by atoms with van der Waals surface area (Å²) < 4.78 is 3.91. The predicted octanol–water partition coefficient (Wildman–Crippen LogP) is 1.68. The van der Waals surface area contributed by atoms with Crippen molar-refractivity contribution in [2.24, 2.45) is 7.05 Å². The number of carbonyl (C=O) groups excluding carboxylic acids is 1. The van der Waals surface area contributed by atoms with Crippen LogP contribution in [0, 0.1) is 6.92 Å². The molecule has 2 heterocycles. The molecule has 2 aromatic rings. The highest BCUT2D eigenvalue weighted by Crippen LogP contribution is 2.09. The lowest BCUT2D eigenvalue weighted by Crippen LogP contribution is -2.22. The van der Waals surface area contributed by atoms with Crippen LogP contribution in [0.4, 0.5) is 5.82 Å². The van der Waals surface area contributed by atoms with Crippen molar-refractivity contribution in [3.05, 3.63) is 44.9 Å². The minimum absolute atomic E-state index is 0.127. The molecular weight excluding hydrogens is 324 g/mol. The average Bonchev–Trinajstić information content (AvgIpc) is 2.69. The Bertz CT molecular complexity index is 690. The highest BCUT2D eigenvalue weighted by Gasteiger charge is 2.07. The van der Waals surface area contributed by atoms with Gasteiger partial charge in [-0.25, -0.2) is 0 Å². The average molecular weight is 339 g/mol. The van der Waals surface area contributed by atoms with Crippen molar-refractivity contribution in [2.75, 3.05) is 5.32 Å². The van der Waals surface area contributed by atoms with Gasteiger partial charge in [0.2, 0.25) is 5.91 Å². The van der Waals surface area contributed by atoms with Gasteiger partial charge in [-0.2, -0.15) is 5.10 Å². The lowest BCUT2D eigenvalue weighted by Gasteiger charge is -2.07. The Labute approximate surface area is 124 Å². The van der Waals surface area contributed by atoms with Gasteiger partial charge in [-0.15, -0.1) is 0 Å². The van der Waals surface area contributed by atoms with Gasteiger partial charge in [-0.1, -0.05) is 0 Å². The number of halogens is 1. The van der Waals surface area contributed by atoms with Crippen molar-refractivity contribution < 1.29 is 4.79 Å². The number of anilines is 1. The molecule has 0 spiro atoms. The van der Waals surface area contributed by atoms with Crippen molar-refractivity contribution >= 4 is 27.7 Å². The molecule has 1 N–H and O–H groups in total. The van der Waals surface area contributed by atoms with Crippen LogP contribution in [0.5, 0.6) is 0 Å². The van der Waals surface area contributed by atoms with Gasteiger partial charge < -0.3 is 9.88 Å². The monoisotopic (exact) mass is 338 g/mol. The fourth-order valence-electron chi connectivity index (χ4n) is 1.83. The zero-order valence-corrected chi connectivity index (χ0v) is 12.8. The number of aryl methyl sites for hydroxylation is 3. The van der Waals surface area contributed by atoms with Crippen LogP contribution in [-0.4, -0.2) is 20.3 Å². The molecule has 0 aromatic carbocycles. The summed E-state index contributed by atoms with van der Waals surface area (Å²) in [7, 11) is 1.77. The molecule has 20 heavy (non-hydrogen) atoms. The highest BCUT2D eigenvalue weighted by atomic mass is 79.9. The van der Waals surface area contributed by atoms with E-state index in [1.807, 2.05) is 6.92 Å². The molecule has 2 rings (SSSR count). The van der Waals surface area contributed by atoms with E-state index in [0.29, 0.717) is 12.4 Å². The molecule has 0 aliphatic carbocycles. The second-order valence-electron chi connectivity index (χ2n) is 4.47. The fourth-order valence-corrected chi connectivity index (χ4v) is 2.21. The standard InChI is InChI=1S/C13H15BrN4O2/c1-9-7-11(17(2)16-9)15-12(19)5-6-18-8-10(14)3-4-13(18)20/h3-4,7-8H,5-6H2,1-2H3,(H,15,19). The number of nitrogens with zero attached hydrogens (tertiary/aromatic N) is 3. The van der Waals surface area contributed by atoms with Crippen LogP contribution >= 0.6 is 15.9 Å². The third-order valence-electron chi connectivity index (χ3n) is 2.80. The van der Waals surface area contributed by atoms with Gasteiger partial charge in [-0.3, -0.25) is 14.3 Å². The predicted molar refractivity (Wildman–Crippen MR) is 79.6 cm³/mol. The van der Waals surface area contributed by atoms with Crippen molar-refractivity contribution in [3.8, 4) is 0 Å². The molecule has 0 radical (unpaired) electrons. The SMILES string of the molecule is Cc1cc(NC(=O)CCn2cc(Br)ccc2=O)n(C)n1. The minimum Gasteiger partial charge on any atom is -0.314 e. The van der Waals surface area contributed by atoms with Crippen LogP contribution < -0.4 is 10.9 Å². The summed E-state index contributed by atoms with van der Waals surface area (Å²) in [4.78, 5) is 23.5. The minimum atomic E-state index is -0.153. The molecule has 106 valence electrons. The maximum absolute atomic E-state index is 11.9. The summed E-state index contributed by atoms with van der Waals surface area (Å²) >= 11 is 3.30. The molecule has 0 aliphatic heterocycles. The zero-order valence-electron chi connectivity index (χ0n) is 11.3. The summed E-state index contributed by atoms with van der Waals surface area (Å²) in [5.74, 6) is 0.494. The van der Waals surface area contributed by atoms with Crippen molar-refractivity contribution in [1.29, 1.82) is 0 Å². The maximum atomic E-state index is 11.9. The Morgan fingerprint density at radius 2 is 2.20 bits per heavy atom. The Hall–Kier alpha value is -1.89. The van der Waals surface area contributed by atoms with Gasteiger partial charge in [0.05, 0.1) is 5.69 Å². The second-order valence-corrected chi connectivity index (χ2v) is 5.39. The van der Waals surface area contributed by atoms with Crippen molar-refractivity contribution in [1.82, 2.24) is 14.3 Å². The summed E-state index contributed by atoms with van der Waals surface area (Å²) in [6.07, 6.45) is 1.89. The number of hydrogen-bond donors (Lipinski definition) is 1. The third kappa shape index (κ3) is 3.57. The first-order valence-corrected chi connectivity index (χ1v) is 6.91. The number of aromatic nitrogens is 3. The van der Waals surface area contributed by atoms with E-state index in [-0.39, 0.29) is 17.9 Å². The Balaban J connectivity index is 1.97. The van der Waals surface area contributed by atoms with E-state index in [1.165, 1.54) is 10.6 Å². The number of carbonyl (C=O) groups is 1. The van der Waals surface area contributed by atoms with E-state index in [1.54, 1.807) is 30.1 Å². The Morgan fingerprint density at radius 1 is 1.45 bits per heavy atom. The third-order valence-corrected chi connectivity index (χ3v) is 3.27. The molecule has 2 aromatic heterocycles. The van der Waals surface area contributed by atoms with Crippen LogP contribution in [0.1, 0.15) is 12.1 Å². The molecule has 0 aliphatic rings. The number of amides is 1. The van der Waals surface area contributed by atoms with Crippen LogP contribution in [0.3, 0.4) is 0 Å². The molecule has 0 unspecified atom stereocenters. The van der Waals surface area contributed by atoms with E-state index in [4.69, 9.17) is 0 Å². The molecule has 0 saturated heterocycles. The smallest absolute Gasteiger partial charge is 0.250 e. The number of rotatable bonds is 4. The maximum Gasteiger partial charge on any atom is 0.250 e. The Morgan fingerprint density at radius 3 is 2.85 bits per heavy atom. The van der Waals surface area contributed by atoms with E-state index in [0.717, 1.165) is 10.2 Å². The molecule has 7 heteroatoms. The topological polar surface area (TPSA) is 68.9 Å². The van der Waals surface area contributed by atoms with E-state index in [2.05, 4.69) is 26.3 Å².